The Balaban J connectivity index is 2.07. The van der Waals surface area contributed by atoms with Crippen LogP contribution in [-0.4, -0.2) is 15.8 Å². The summed E-state index contributed by atoms with van der Waals surface area (Å²) in [6.07, 6.45) is 6.11. The van der Waals surface area contributed by atoms with Crippen LogP contribution < -0.4 is 5.73 Å². The molecule has 1 aromatic heterocycles. The highest BCUT2D eigenvalue weighted by molar-refractivity contribution is 14.1. The van der Waals surface area contributed by atoms with Crippen LogP contribution in [0.5, 0.6) is 0 Å². The summed E-state index contributed by atoms with van der Waals surface area (Å²) in [4.78, 5) is 0. The summed E-state index contributed by atoms with van der Waals surface area (Å²) in [7, 11) is 0. The van der Waals surface area contributed by atoms with E-state index in [1.54, 1.807) is 0 Å². The summed E-state index contributed by atoms with van der Waals surface area (Å²) < 4.78 is 3.22. The largest absolute Gasteiger partial charge is 0.328 e. The molecule has 2 rings (SSSR count). The van der Waals surface area contributed by atoms with Crippen molar-refractivity contribution in [3.63, 3.8) is 0 Å². The fourth-order valence-corrected chi connectivity index (χ4v) is 1.77. The van der Waals surface area contributed by atoms with E-state index in [9.17, 15) is 0 Å². The van der Waals surface area contributed by atoms with Crippen molar-refractivity contribution in [1.82, 2.24) is 9.78 Å². The molecular weight excluding hydrogens is 253 g/mol. The van der Waals surface area contributed by atoms with Gasteiger partial charge in [0.25, 0.3) is 0 Å². The predicted octanol–water partition coefficient (Wildman–Crippen LogP) is 1.15. The van der Waals surface area contributed by atoms with E-state index in [4.69, 9.17) is 5.73 Å². The zero-order valence-corrected chi connectivity index (χ0v) is 8.23. The Morgan fingerprint density at radius 1 is 1.64 bits per heavy atom. The molecule has 3 nitrogen and oxygen atoms in total. The van der Waals surface area contributed by atoms with Gasteiger partial charge in [-0.05, 0) is 35.4 Å². The zero-order valence-electron chi connectivity index (χ0n) is 6.07. The van der Waals surface area contributed by atoms with Crippen LogP contribution in [0.25, 0.3) is 0 Å². The van der Waals surface area contributed by atoms with Crippen LogP contribution in [0.3, 0.4) is 0 Å². The minimum absolute atomic E-state index is 0.405. The number of hydrogen-bond acceptors (Lipinski definition) is 2. The van der Waals surface area contributed by atoms with Gasteiger partial charge in [-0.25, -0.2) is 0 Å². The molecule has 0 aliphatic heterocycles. The molecule has 1 aromatic rings. The first-order valence-corrected chi connectivity index (χ1v) is 4.79. The van der Waals surface area contributed by atoms with Gasteiger partial charge in [-0.1, -0.05) is 0 Å². The minimum atomic E-state index is 0.405. The number of aromatic nitrogens is 2. The Bertz CT molecular complexity index is 252. The maximum Gasteiger partial charge on any atom is 0.0623 e. The molecule has 4 heteroatoms. The van der Waals surface area contributed by atoms with E-state index < -0.39 is 0 Å². The number of halogens is 1. The minimum Gasteiger partial charge on any atom is -0.328 e. The van der Waals surface area contributed by atoms with Crippen molar-refractivity contribution in [2.45, 2.75) is 24.9 Å². The van der Waals surface area contributed by atoms with Gasteiger partial charge in [-0.3, -0.25) is 4.68 Å². The summed E-state index contributed by atoms with van der Waals surface area (Å²) in [5.74, 6) is 0. The first-order chi connectivity index (χ1) is 5.25. The first kappa shape index (κ1) is 7.54. The highest BCUT2D eigenvalue weighted by Crippen LogP contribution is 2.30. The molecule has 11 heavy (non-hydrogen) atoms. The summed E-state index contributed by atoms with van der Waals surface area (Å²) >= 11 is 2.27. The van der Waals surface area contributed by atoms with Crippen molar-refractivity contribution in [1.29, 1.82) is 0 Å². The smallest absolute Gasteiger partial charge is 0.0623 e. The number of nitrogens with two attached hydrogens (primary N) is 1. The summed E-state index contributed by atoms with van der Waals surface area (Å²) in [5, 5.41) is 4.23. The van der Waals surface area contributed by atoms with Gasteiger partial charge in [0, 0.05) is 12.2 Å². The second-order valence-corrected chi connectivity index (χ2v) is 4.27. The average molecular weight is 263 g/mol. The van der Waals surface area contributed by atoms with Gasteiger partial charge < -0.3 is 5.73 Å². The number of nitrogens with zero attached hydrogens (tertiary/aromatic N) is 2. The van der Waals surface area contributed by atoms with Crippen LogP contribution in [0.4, 0.5) is 0 Å². The highest BCUT2D eigenvalue weighted by atomic mass is 127. The monoisotopic (exact) mass is 263 g/mol. The molecule has 0 amide bonds. The Kier molecular flexibility index (Phi) is 1.88. The summed E-state index contributed by atoms with van der Waals surface area (Å²) in [6.45, 7) is 0. The lowest BCUT2D eigenvalue weighted by molar-refractivity contribution is 0.247. The second kappa shape index (κ2) is 2.75. The molecule has 0 spiro atoms. The lowest BCUT2D eigenvalue weighted by atomic mass is 9.88. The third-order valence-electron chi connectivity index (χ3n) is 2.09. The van der Waals surface area contributed by atoms with Crippen LogP contribution >= 0.6 is 22.6 Å². The third kappa shape index (κ3) is 1.41. The fraction of sp³-hybridized carbons (Fsp3) is 0.571. The molecule has 2 N–H and O–H groups in total. The molecule has 1 heterocycles. The normalized spacial score (nSPS) is 30.0. The zero-order chi connectivity index (χ0) is 7.84. The molecule has 1 aliphatic carbocycles. The van der Waals surface area contributed by atoms with Crippen molar-refractivity contribution in [2.75, 3.05) is 0 Å². The van der Waals surface area contributed by atoms with Crippen LogP contribution in [0.15, 0.2) is 12.4 Å². The third-order valence-corrected chi connectivity index (χ3v) is 2.65. The Hall–Kier alpha value is -0.100. The van der Waals surface area contributed by atoms with Gasteiger partial charge in [-0.15, -0.1) is 0 Å². The van der Waals surface area contributed by atoms with Crippen LogP contribution in [0.2, 0.25) is 0 Å². The molecule has 0 saturated heterocycles. The van der Waals surface area contributed by atoms with Gasteiger partial charge in [0.1, 0.15) is 0 Å². The molecule has 1 aliphatic rings. The van der Waals surface area contributed by atoms with Crippen molar-refractivity contribution < 1.29 is 0 Å². The topological polar surface area (TPSA) is 43.8 Å². The maximum atomic E-state index is 5.67. The van der Waals surface area contributed by atoms with E-state index in [-0.39, 0.29) is 0 Å². The summed E-state index contributed by atoms with van der Waals surface area (Å²) in [5.41, 5.74) is 5.67. The van der Waals surface area contributed by atoms with E-state index in [1.807, 2.05) is 10.9 Å². The molecular formula is C7H10IN3. The highest BCUT2D eigenvalue weighted by Gasteiger charge is 2.27. The molecule has 0 unspecified atom stereocenters. The van der Waals surface area contributed by atoms with Gasteiger partial charge in [0.05, 0.1) is 15.8 Å². The Morgan fingerprint density at radius 2 is 2.36 bits per heavy atom. The Labute approximate surface area is 79.1 Å². The molecule has 1 saturated carbocycles. The van der Waals surface area contributed by atoms with Gasteiger partial charge in [0.15, 0.2) is 0 Å². The SMILES string of the molecule is NC1CC(n2cc(I)cn2)C1. The molecule has 1 fully saturated rings. The first-order valence-electron chi connectivity index (χ1n) is 3.71. The van der Waals surface area contributed by atoms with Gasteiger partial charge in [0.2, 0.25) is 0 Å². The number of rotatable bonds is 1. The summed E-state index contributed by atoms with van der Waals surface area (Å²) in [6, 6.07) is 0.968. The molecule has 0 radical (unpaired) electrons. The van der Waals surface area contributed by atoms with Crippen molar-refractivity contribution in [3.05, 3.63) is 16.0 Å². The fourth-order valence-electron chi connectivity index (χ4n) is 1.36. The molecule has 0 aromatic carbocycles. The molecule has 0 bridgehead atoms. The van der Waals surface area contributed by atoms with Gasteiger partial charge >= 0.3 is 0 Å². The van der Waals surface area contributed by atoms with Crippen LogP contribution in [0.1, 0.15) is 18.9 Å². The standard InChI is InChI=1S/C7H10IN3/c8-5-3-10-11(4-5)7-1-6(9)2-7/h3-4,6-7H,1-2,9H2. The molecule has 0 atom stereocenters. The van der Waals surface area contributed by atoms with E-state index in [0.717, 1.165) is 12.8 Å². The van der Waals surface area contributed by atoms with E-state index in [0.29, 0.717) is 12.1 Å². The van der Waals surface area contributed by atoms with E-state index in [2.05, 4.69) is 33.9 Å². The predicted molar refractivity (Wildman–Crippen MR) is 51.2 cm³/mol. The van der Waals surface area contributed by atoms with Crippen molar-refractivity contribution in [3.8, 4) is 0 Å². The lowest BCUT2D eigenvalue weighted by Gasteiger charge is -2.32. The van der Waals surface area contributed by atoms with Gasteiger partial charge in [-0.2, -0.15) is 5.10 Å². The van der Waals surface area contributed by atoms with E-state index in [1.165, 1.54) is 3.57 Å². The quantitative estimate of drug-likeness (QED) is 0.772. The van der Waals surface area contributed by atoms with E-state index >= 15 is 0 Å². The van der Waals surface area contributed by atoms with Crippen LogP contribution in [0, 0.1) is 3.57 Å². The second-order valence-electron chi connectivity index (χ2n) is 3.02. The lowest BCUT2D eigenvalue weighted by Crippen LogP contribution is -2.37. The average Bonchev–Trinajstić information content (AvgIpc) is 2.29. The van der Waals surface area contributed by atoms with Crippen molar-refractivity contribution in [2.24, 2.45) is 5.73 Å². The molecule has 60 valence electrons. The maximum absolute atomic E-state index is 5.67. The number of hydrogen-bond donors (Lipinski definition) is 1. The Morgan fingerprint density at radius 3 is 2.82 bits per heavy atom. The van der Waals surface area contributed by atoms with Crippen molar-refractivity contribution >= 4 is 22.6 Å². The van der Waals surface area contributed by atoms with Crippen LogP contribution in [-0.2, 0) is 0 Å².